The first-order valence-corrected chi connectivity index (χ1v) is 11.2. The summed E-state index contributed by atoms with van der Waals surface area (Å²) in [4.78, 5) is 39.7. The first-order valence-electron chi connectivity index (χ1n) is 10.9. The van der Waals surface area contributed by atoms with Gasteiger partial charge in [-0.15, -0.1) is 0 Å². The summed E-state index contributed by atoms with van der Waals surface area (Å²) in [5.41, 5.74) is 1.49. The normalized spacial score (nSPS) is 21.2. The molecule has 32 heavy (non-hydrogen) atoms. The number of nitrogens with zero attached hydrogens (tertiary/aromatic N) is 1. The second-order valence-corrected chi connectivity index (χ2v) is 8.58. The third kappa shape index (κ3) is 5.29. The average molecular weight is 456 g/mol. The van der Waals surface area contributed by atoms with Crippen molar-refractivity contribution in [3.05, 3.63) is 59.1 Å². The van der Waals surface area contributed by atoms with E-state index >= 15 is 0 Å². The van der Waals surface area contributed by atoms with E-state index in [9.17, 15) is 14.4 Å². The van der Waals surface area contributed by atoms with Crippen molar-refractivity contribution in [3.8, 4) is 0 Å². The van der Waals surface area contributed by atoms with Crippen molar-refractivity contribution in [2.75, 3.05) is 30.4 Å². The molecule has 168 valence electrons. The fourth-order valence-corrected chi connectivity index (χ4v) is 4.45. The number of carbonyl (C=O) groups excluding carboxylic acids is 3. The number of anilines is 2. The minimum atomic E-state index is -0.308. The summed E-state index contributed by atoms with van der Waals surface area (Å²) in [6, 6.07) is 14.0. The zero-order valence-electron chi connectivity index (χ0n) is 17.7. The molecule has 0 atom stereocenters. The van der Waals surface area contributed by atoms with Gasteiger partial charge in [-0.1, -0.05) is 23.7 Å². The molecule has 3 amide bonds. The summed E-state index contributed by atoms with van der Waals surface area (Å²) in [5, 5.41) is 6.35. The van der Waals surface area contributed by atoms with Crippen molar-refractivity contribution >= 4 is 40.7 Å². The Morgan fingerprint density at radius 3 is 2.41 bits per heavy atom. The Morgan fingerprint density at radius 2 is 1.69 bits per heavy atom. The molecule has 0 unspecified atom stereocenters. The van der Waals surface area contributed by atoms with Crippen LogP contribution in [-0.2, 0) is 14.3 Å². The molecule has 2 fully saturated rings. The van der Waals surface area contributed by atoms with Gasteiger partial charge in [-0.25, -0.2) is 0 Å². The Labute approximate surface area is 192 Å². The smallest absolute Gasteiger partial charge is 0.257 e. The second kappa shape index (κ2) is 10.1. The highest BCUT2D eigenvalue weighted by atomic mass is 35.5. The van der Waals surface area contributed by atoms with Crippen LogP contribution in [0.4, 0.5) is 11.4 Å². The standard InChI is InChI=1S/C24H26ClN3O4/c25-17-7-9-18(10-8-17)26-24(31)20-3-1-2-4-21(20)27-23(30)16-5-11-19(12-6-16)28-13-14-32-15-22(28)29/h1-4,7-10,16,19H,5-6,11-15H2,(H,26,31)(H,27,30)/t16-,19-. The summed E-state index contributed by atoms with van der Waals surface area (Å²) >= 11 is 5.90. The zero-order chi connectivity index (χ0) is 22.5. The Hall–Kier alpha value is -2.90. The van der Waals surface area contributed by atoms with Gasteiger partial charge in [-0.2, -0.15) is 0 Å². The predicted octanol–water partition coefficient (Wildman–Crippen LogP) is 3.95. The summed E-state index contributed by atoms with van der Waals surface area (Å²) in [6.45, 7) is 1.34. The highest BCUT2D eigenvalue weighted by molar-refractivity contribution is 6.30. The number of rotatable bonds is 5. The molecular weight excluding hydrogens is 430 g/mol. The quantitative estimate of drug-likeness (QED) is 0.714. The van der Waals surface area contributed by atoms with Crippen LogP contribution in [-0.4, -0.2) is 48.4 Å². The number of amides is 3. The van der Waals surface area contributed by atoms with Crippen LogP contribution in [0.5, 0.6) is 0 Å². The van der Waals surface area contributed by atoms with E-state index in [2.05, 4.69) is 10.6 Å². The molecule has 1 aliphatic heterocycles. The van der Waals surface area contributed by atoms with Crippen LogP contribution in [0.2, 0.25) is 5.02 Å². The van der Waals surface area contributed by atoms with Gasteiger partial charge >= 0.3 is 0 Å². The lowest BCUT2D eigenvalue weighted by atomic mass is 9.84. The number of hydrogen-bond donors (Lipinski definition) is 2. The zero-order valence-corrected chi connectivity index (χ0v) is 18.4. The van der Waals surface area contributed by atoms with Gasteiger partial charge in [-0.3, -0.25) is 14.4 Å². The molecule has 7 nitrogen and oxygen atoms in total. The lowest BCUT2D eigenvalue weighted by molar-refractivity contribution is -0.146. The van der Waals surface area contributed by atoms with E-state index in [4.69, 9.17) is 16.3 Å². The largest absolute Gasteiger partial charge is 0.370 e. The van der Waals surface area contributed by atoms with E-state index in [1.807, 2.05) is 4.90 Å². The Morgan fingerprint density at radius 1 is 0.969 bits per heavy atom. The van der Waals surface area contributed by atoms with Crippen molar-refractivity contribution in [2.24, 2.45) is 5.92 Å². The fourth-order valence-electron chi connectivity index (χ4n) is 4.32. The number of morpholine rings is 1. The van der Waals surface area contributed by atoms with Crippen molar-refractivity contribution in [2.45, 2.75) is 31.7 Å². The lowest BCUT2D eigenvalue weighted by Crippen LogP contribution is -2.49. The monoisotopic (exact) mass is 455 g/mol. The number of para-hydroxylation sites is 1. The molecule has 8 heteroatoms. The van der Waals surface area contributed by atoms with Gasteiger partial charge in [0.1, 0.15) is 6.61 Å². The Bertz CT molecular complexity index is 987. The number of halogens is 1. The van der Waals surface area contributed by atoms with Gasteiger partial charge < -0.3 is 20.3 Å². The van der Waals surface area contributed by atoms with Crippen molar-refractivity contribution in [3.63, 3.8) is 0 Å². The molecule has 0 aromatic heterocycles. The molecule has 0 radical (unpaired) electrons. The molecule has 1 saturated carbocycles. The van der Waals surface area contributed by atoms with Crippen LogP contribution in [0.3, 0.4) is 0 Å². The minimum Gasteiger partial charge on any atom is -0.370 e. The summed E-state index contributed by atoms with van der Waals surface area (Å²) in [5.74, 6) is -0.513. The van der Waals surface area contributed by atoms with Gasteiger partial charge in [-0.05, 0) is 62.1 Å². The van der Waals surface area contributed by atoms with E-state index in [1.54, 1.807) is 48.5 Å². The number of benzene rings is 2. The van der Waals surface area contributed by atoms with Gasteiger partial charge in [0.05, 0.1) is 17.9 Å². The summed E-state index contributed by atoms with van der Waals surface area (Å²) in [7, 11) is 0. The lowest BCUT2D eigenvalue weighted by Gasteiger charge is -2.38. The molecule has 2 aromatic rings. The molecule has 1 heterocycles. The maximum atomic E-state index is 12.9. The number of hydrogen-bond acceptors (Lipinski definition) is 4. The Kier molecular flexibility index (Phi) is 7.07. The van der Waals surface area contributed by atoms with E-state index < -0.39 is 0 Å². The van der Waals surface area contributed by atoms with Crippen LogP contribution in [0.15, 0.2) is 48.5 Å². The van der Waals surface area contributed by atoms with Crippen molar-refractivity contribution < 1.29 is 19.1 Å². The maximum Gasteiger partial charge on any atom is 0.257 e. The molecule has 1 saturated heterocycles. The molecule has 2 aromatic carbocycles. The van der Waals surface area contributed by atoms with Crippen LogP contribution in [0.25, 0.3) is 0 Å². The highest BCUT2D eigenvalue weighted by Crippen LogP contribution is 2.30. The number of carbonyl (C=O) groups is 3. The summed E-state index contributed by atoms with van der Waals surface area (Å²) < 4.78 is 5.21. The van der Waals surface area contributed by atoms with E-state index in [0.717, 1.165) is 12.8 Å². The molecule has 1 aliphatic carbocycles. The third-order valence-corrected chi connectivity index (χ3v) is 6.31. The molecule has 0 spiro atoms. The van der Waals surface area contributed by atoms with E-state index in [-0.39, 0.29) is 36.3 Å². The number of nitrogens with one attached hydrogen (secondary N) is 2. The molecule has 0 bridgehead atoms. The molecule has 2 N–H and O–H groups in total. The SMILES string of the molecule is O=C(Nc1ccc(Cl)cc1)c1ccccc1NC(=O)[C@H]1CC[C@H](N2CCOCC2=O)CC1. The first-order chi connectivity index (χ1) is 15.5. The fraction of sp³-hybridized carbons (Fsp3) is 0.375. The maximum absolute atomic E-state index is 12.9. The number of ether oxygens (including phenoxy) is 1. The van der Waals surface area contributed by atoms with E-state index in [0.29, 0.717) is 48.0 Å². The van der Waals surface area contributed by atoms with Crippen LogP contribution in [0.1, 0.15) is 36.0 Å². The topological polar surface area (TPSA) is 87.7 Å². The second-order valence-electron chi connectivity index (χ2n) is 8.14. The highest BCUT2D eigenvalue weighted by Gasteiger charge is 2.33. The van der Waals surface area contributed by atoms with Crippen molar-refractivity contribution in [1.82, 2.24) is 4.90 Å². The van der Waals surface area contributed by atoms with Crippen LogP contribution >= 0.6 is 11.6 Å². The molecule has 4 rings (SSSR count). The minimum absolute atomic E-state index is 0.0322. The van der Waals surface area contributed by atoms with Crippen molar-refractivity contribution in [1.29, 1.82) is 0 Å². The van der Waals surface area contributed by atoms with Gasteiger partial charge in [0.15, 0.2) is 0 Å². The van der Waals surface area contributed by atoms with Crippen LogP contribution in [0, 0.1) is 5.92 Å². The van der Waals surface area contributed by atoms with Gasteiger partial charge in [0.25, 0.3) is 5.91 Å². The summed E-state index contributed by atoms with van der Waals surface area (Å²) in [6.07, 6.45) is 3.01. The Balaban J connectivity index is 1.36. The van der Waals surface area contributed by atoms with E-state index in [1.165, 1.54) is 0 Å². The van der Waals surface area contributed by atoms with Gasteiger partial charge in [0, 0.05) is 29.2 Å². The van der Waals surface area contributed by atoms with Crippen LogP contribution < -0.4 is 10.6 Å². The first kappa shape index (κ1) is 22.3. The average Bonchev–Trinajstić information content (AvgIpc) is 2.81. The predicted molar refractivity (Wildman–Crippen MR) is 123 cm³/mol. The molecule has 2 aliphatic rings. The third-order valence-electron chi connectivity index (χ3n) is 6.06. The molecular formula is C24H26ClN3O4. The van der Waals surface area contributed by atoms with Gasteiger partial charge in [0.2, 0.25) is 11.8 Å².